The summed E-state index contributed by atoms with van der Waals surface area (Å²) >= 11 is 1.64. The zero-order chi connectivity index (χ0) is 13.0. The standard InChI is InChI=1S/C13H21N3OS/c1-3-5-10-6-12(17)16(8-10)9-11-7-15-13(18-11)14-4-2/h7,10H,3-6,8-9H2,1-2H3,(H,14,15). The average molecular weight is 267 g/mol. The Morgan fingerprint density at radius 1 is 1.56 bits per heavy atom. The second-order valence-electron chi connectivity index (χ2n) is 4.80. The summed E-state index contributed by atoms with van der Waals surface area (Å²) in [6.07, 6.45) is 4.93. The van der Waals surface area contributed by atoms with Gasteiger partial charge in [-0.1, -0.05) is 13.3 Å². The zero-order valence-electron chi connectivity index (χ0n) is 11.1. The molecule has 18 heavy (non-hydrogen) atoms. The minimum atomic E-state index is 0.298. The molecule has 0 saturated carbocycles. The van der Waals surface area contributed by atoms with E-state index in [-0.39, 0.29) is 0 Å². The first kappa shape index (κ1) is 13.3. The molecule has 1 N–H and O–H groups in total. The molecule has 1 atom stereocenters. The average Bonchev–Trinajstić information content (AvgIpc) is 2.89. The fraction of sp³-hybridized carbons (Fsp3) is 0.692. The number of amides is 1. The number of hydrogen-bond acceptors (Lipinski definition) is 4. The topological polar surface area (TPSA) is 45.2 Å². The SMILES string of the molecule is CCCC1CC(=O)N(Cc2cnc(NCC)s2)C1. The molecule has 1 saturated heterocycles. The summed E-state index contributed by atoms with van der Waals surface area (Å²) in [5.41, 5.74) is 0. The molecule has 2 rings (SSSR count). The number of aromatic nitrogens is 1. The van der Waals surface area contributed by atoms with Crippen molar-refractivity contribution in [1.82, 2.24) is 9.88 Å². The van der Waals surface area contributed by atoms with E-state index < -0.39 is 0 Å². The van der Waals surface area contributed by atoms with Gasteiger partial charge in [-0.15, -0.1) is 11.3 Å². The number of nitrogens with one attached hydrogen (secondary N) is 1. The third-order valence-corrected chi connectivity index (χ3v) is 4.16. The molecular formula is C13H21N3OS. The maximum Gasteiger partial charge on any atom is 0.223 e. The van der Waals surface area contributed by atoms with E-state index in [1.54, 1.807) is 11.3 Å². The highest BCUT2D eigenvalue weighted by Crippen LogP contribution is 2.26. The molecule has 0 bridgehead atoms. The number of hydrogen-bond donors (Lipinski definition) is 1. The molecule has 4 nitrogen and oxygen atoms in total. The van der Waals surface area contributed by atoms with Gasteiger partial charge in [0.1, 0.15) is 0 Å². The number of likely N-dealkylation sites (tertiary alicyclic amines) is 1. The van der Waals surface area contributed by atoms with Crippen molar-refractivity contribution < 1.29 is 4.79 Å². The molecule has 0 spiro atoms. The first-order valence-corrected chi connectivity index (χ1v) is 7.51. The lowest BCUT2D eigenvalue weighted by atomic mass is 10.0. The van der Waals surface area contributed by atoms with Gasteiger partial charge in [0.2, 0.25) is 5.91 Å². The first-order chi connectivity index (χ1) is 8.72. The molecule has 1 amide bonds. The third-order valence-electron chi connectivity index (χ3n) is 3.22. The van der Waals surface area contributed by atoms with Gasteiger partial charge in [-0.25, -0.2) is 4.98 Å². The minimum absolute atomic E-state index is 0.298. The normalized spacial score (nSPS) is 19.6. The van der Waals surface area contributed by atoms with Gasteiger partial charge in [0.25, 0.3) is 0 Å². The van der Waals surface area contributed by atoms with Crippen LogP contribution in [0.1, 0.15) is 38.0 Å². The van der Waals surface area contributed by atoms with Crippen LogP contribution >= 0.6 is 11.3 Å². The summed E-state index contributed by atoms with van der Waals surface area (Å²) in [6.45, 7) is 6.76. The lowest BCUT2D eigenvalue weighted by Crippen LogP contribution is -2.24. The Bertz CT molecular complexity index is 405. The monoisotopic (exact) mass is 267 g/mol. The second kappa shape index (κ2) is 6.18. The minimum Gasteiger partial charge on any atom is -0.362 e. The number of anilines is 1. The van der Waals surface area contributed by atoms with Crippen LogP contribution in [0.3, 0.4) is 0 Å². The van der Waals surface area contributed by atoms with Gasteiger partial charge in [0.15, 0.2) is 5.13 Å². The molecule has 0 radical (unpaired) electrons. The lowest BCUT2D eigenvalue weighted by molar-refractivity contribution is -0.128. The van der Waals surface area contributed by atoms with Gasteiger partial charge in [-0.2, -0.15) is 0 Å². The predicted molar refractivity (Wildman–Crippen MR) is 74.7 cm³/mol. The van der Waals surface area contributed by atoms with Crippen molar-refractivity contribution in [1.29, 1.82) is 0 Å². The zero-order valence-corrected chi connectivity index (χ0v) is 11.9. The van der Waals surface area contributed by atoms with Crippen molar-refractivity contribution >= 4 is 22.4 Å². The fourth-order valence-corrected chi connectivity index (χ4v) is 3.31. The van der Waals surface area contributed by atoms with Gasteiger partial charge in [-0.3, -0.25) is 4.79 Å². The van der Waals surface area contributed by atoms with Crippen LogP contribution < -0.4 is 5.32 Å². The molecule has 5 heteroatoms. The van der Waals surface area contributed by atoms with Crippen molar-refractivity contribution in [2.75, 3.05) is 18.4 Å². The Kier molecular flexibility index (Phi) is 4.58. The maximum absolute atomic E-state index is 11.9. The fourth-order valence-electron chi connectivity index (χ4n) is 2.41. The quantitative estimate of drug-likeness (QED) is 0.862. The number of rotatable bonds is 6. The van der Waals surface area contributed by atoms with Crippen LogP contribution in [0.2, 0.25) is 0 Å². The van der Waals surface area contributed by atoms with Crippen molar-refractivity contribution in [3.8, 4) is 0 Å². The van der Waals surface area contributed by atoms with Gasteiger partial charge in [0, 0.05) is 30.6 Å². The van der Waals surface area contributed by atoms with Crippen molar-refractivity contribution in [3.63, 3.8) is 0 Å². The Morgan fingerprint density at radius 2 is 2.39 bits per heavy atom. The highest BCUT2D eigenvalue weighted by Gasteiger charge is 2.29. The van der Waals surface area contributed by atoms with Crippen LogP contribution in [0, 0.1) is 5.92 Å². The molecular weight excluding hydrogens is 246 g/mol. The molecule has 1 aromatic heterocycles. The van der Waals surface area contributed by atoms with E-state index in [2.05, 4.69) is 24.1 Å². The maximum atomic E-state index is 11.9. The molecule has 1 unspecified atom stereocenters. The van der Waals surface area contributed by atoms with Crippen LogP contribution in [-0.4, -0.2) is 28.9 Å². The summed E-state index contributed by atoms with van der Waals surface area (Å²) in [6, 6.07) is 0. The van der Waals surface area contributed by atoms with Crippen LogP contribution in [0.15, 0.2) is 6.20 Å². The summed E-state index contributed by atoms with van der Waals surface area (Å²) in [4.78, 5) is 19.3. The molecule has 100 valence electrons. The summed E-state index contributed by atoms with van der Waals surface area (Å²) in [5.74, 6) is 0.857. The Labute approximate surface area is 112 Å². The van der Waals surface area contributed by atoms with E-state index in [0.29, 0.717) is 11.8 Å². The number of carbonyl (C=O) groups is 1. The van der Waals surface area contributed by atoms with E-state index in [0.717, 1.165) is 48.9 Å². The van der Waals surface area contributed by atoms with E-state index in [9.17, 15) is 4.79 Å². The van der Waals surface area contributed by atoms with Crippen LogP contribution in [0.4, 0.5) is 5.13 Å². The van der Waals surface area contributed by atoms with Gasteiger partial charge in [-0.05, 0) is 19.3 Å². The van der Waals surface area contributed by atoms with Crippen molar-refractivity contribution in [3.05, 3.63) is 11.1 Å². The molecule has 1 aliphatic heterocycles. The summed E-state index contributed by atoms with van der Waals surface area (Å²) in [7, 11) is 0. The molecule has 1 aliphatic rings. The van der Waals surface area contributed by atoms with Gasteiger partial charge >= 0.3 is 0 Å². The van der Waals surface area contributed by atoms with Crippen molar-refractivity contribution in [2.45, 2.75) is 39.7 Å². The number of thiazole rings is 1. The molecule has 0 aromatic carbocycles. The van der Waals surface area contributed by atoms with E-state index in [1.165, 1.54) is 0 Å². The third kappa shape index (κ3) is 3.22. The van der Waals surface area contributed by atoms with Gasteiger partial charge < -0.3 is 10.2 Å². The second-order valence-corrected chi connectivity index (χ2v) is 5.91. The number of carbonyl (C=O) groups excluding carboxylic acids is 1. The highest BCUT2D eigenvalue weighted by atomic mass is 32.1. The lowest BCUT2D eigenvalue weighted by Gasteiger charge is -2.14. The summed E-state index contributed by atoms with van der Waals surface area (Å²) in [5, 5.41) is 4.15. The van der Waals surface area contributed by atoms with E-state index in [1.807, 2.05) is 11.1 Å². The van der Waals surface area contributed by atoms with E-state index in [4.69, 9.17) is 0 Å². The van der Waals surface area contributed by atoms with Crippen molar-refractivity contribution in [2.24, 2.45) is 5.92 Å². The van der Waals surface area contributed by atoms with E-state index >= 15 is 0 Å². The summed E-state index contributed by atoms with van der Waals surface area (Å²) < 4.78 is 0. The first-order valence-electron chi connectivity index (χ1n) is 6.69. The Hall–Kier alpha value is -1.10. The van der Waals surface area contributed by atoms with Gasteiger partial charge in [0.05, 0.1) is 6.54 Å². The van der Waals surface area contributed by atoms with Crippen LogP contribution in [0.5, 0.6) is 0 Å². The number of nitrogens with zero attached hydrogens (tertiary/aromatic N) is 2. The molecule has 1 fully saturated rings. The van der Waals surface area contributed by atoms with Crippen LogP contribution in [0.25, 0.3) is 0 Å². The smallest absolute Gasteiger partial charge is 0.223 e. The van der Waals surface area contributed by atoms with Crippen LogP contribution in [-0.2, 0) is 11.3 Å². The Morgan fingerprint density at radius 3 is 3.11 bits per heavy atom. The predicted octanol–water partition coefficient (Wildman–Crippen LogP) is 2.72. The largest absolute Gasteiger partial charge is 0.362 e. The molecule has 0 aliphatic carbocycles. The Balaban J connectivity index is 1.90. The highest BCUT2D eigenvalue weighted by molar-refractivity contribution is 7.15. The molecule has 1 aromatic rings. The molecule has 2 heterocycles.